The van der Waals surface area contributed by atoms with Gasteiger partial charge in [-0.05, 0) is 66.0 Å². The zero-order valence-corrected chi connectivity index (χ0v) is 30.7. The summed E-state index contributed by atoms with van der Waals surface area (Å²) < 4.78 is 11.1. The number of hydrogen-bond donors (Lipinski definition) is 4. The second-order valence-corrected chi connectivity index (χ2v) is 14.4. The van der Waals surface area contributed by atoms with Crippen LogP contribution in [0.3, 0.4) is 0 Å². The first-order valence-electron chi connectivity index (χ1n) is 16.7. The number of ether oxygens (including phenoxy) is 2. The number of phenols is 1. The molecule has 10 nitrogen and oxygen atoms in total. The molecule has 3 amide bonds. The summed E-state index contributed by atoms with van der Waals surface area (Å²) in [7, 11) is 0. The summed E-state index contributed by atoms with van der Waals surface area (Å²) in [5.41, 5.74) is -0.139. The van der Waals surface area contributed by atoms with E-state index in [1.165, 1.54) is 4.90 Å². The van der Waals surface area contributed by atoms with Crippen LogP contribution in [0.5, 0.6) is 5.75 Å². The molecule has 3 atom stereocenters. The van der Waals surface area contributed by atoms with Crippen molar-refractivity contribution in [2.75, 3.05) is 12.3 Å². The molecule has 0 radical (unpaired) electrons. The minimum atomic E-state index is -1.35. The smallest absolute Gasteiger partial charge is 0.408 e. The number of carbonyl (C=O) groups excluding carboxylic acids is 4. The number of amides is 3. The number of benzene rings is 2. The highest BCUT2D eigenvalue weighted by molar-refractivity contribution is 7.80. The lowest BCUT2D eigenvalue weighted by atomic mass is 9.97. The van der Waals surface area contributed by atoms with Crippen molar-refractivity contribution in [1.82, 2.24) is 15.5 Å². The van der Waals surface area contributed by atoms with Gasteiger partial charge in [0, 0.05) is 24.3 Å². The third-order valence-electron chi connectivity index (χ3n) is 7.37. The Kier molecular flexibility index (Phi) is 15.8. The molecule has 0 heterocycles. The summed E-state index contributed by atoms with van der Waals surface area (Å²) in [6, 6.07) is 10.6. The van der Waals surface area contributed by atoms with Crippen LogP contribution in [0, 0.1) is 6.92 Å². The first-order valence-corrected chi connectivity index (χ1v) is 17.4. The van der Waals surface area contributed by atoms with Gasteiger partial charge in [0.15, 0.2) is 0 Å². The van der Waals surface area contributed by atoms with E-state index in [4.69, 9.17) is 9.47 Å². The molecule has 3 N–H and O–H groups in total. The van der Waals surface area contributed by atoms with Gasteiger partial charge in [0.2, 0.25) is 11.8 Å². The number of para-hydroxylation sites is 1. The maximum absolute atomic E-state index is 14.5. The molecule has 0 bridgehead atoms. The van der Waals surface area contributed by atoms with Gasteiger partial charge < -0.3 is 30.1 Å². The molecule has 3 unspecified atom stereocenters. The number of carbonyl (C=O) groups is 4. The number of aryl methyl sites for hydroxylation is 1. The van der Waals surface area contributed by atoms with Crippen LogP contribution in [0.1, 0.15) is 103 Å². The molecule has 0 aromatic heterocycles. The predicted molar refractivity (Wildman–Crippen MR) is 191 cm³/mol. The average molecular weight is 686 g/mol. The Bertz CT molecular complexity index is 1350. The molecule has 2 aromatic carbocycles. The van der Waals surface area contributed by atoms with E-state index in [-0.39, 0.29) is 30.0 Å². The number of esters is 1. The molecule has 2 rings (SSSR count). The van der Waals surface area contributed by atoms with Crippen LogP contribution in [-0.4, -0.2) is 69.5 Å². The van der Waals surface area contributed by atoms with E-state index in [1.807, 2.05) is 30.3 Å². The van der Waals surface area contributed by atoms with Crippen LogP contribution in [0.2, 0.25) is 0 Å². The van der Waals surface area contributed by atoms with E-state index in [2.05, 4.69) is 30.2 Å². The lowest BCUT2D eigenvalue weighted by Gasteiger charge is -2.35. The van der Waals surface area contributed by atoms with Gasteiger partial charge in [-0.1, -0.05) is 81.1 Å². The molecular formula is C37H55N3O7S. The minimum absolute atomic E-state index is 0.0763. The highest BCUT2D eigenvalue weighted by Gasteiger charge is 2.39. The fourth-order valence-corrected chi connectivity index (χ4v) is 5.35. The van der Waals surface area contributed by atoms with E-state index in [1.54, 1.807) is 66.7 Å². The Morgan fingerprint density at radius 2 is 1.46 bits per heavy atom. The molecule has 0 aliphatic heterocycles. The fraction of sp³-hybridized carbons (Fsp3) is 0.568. The van der Waals surface area contributed by atoms with Crippen LogP contribution in [0.15, 0.2) is 48.5 Å². The third-order valence-corrected chi connectivity index (χ3v) is 7.74. The molecule has 0 saturated carbocycles. The standard InChI is InChI=1S/C37H55N3O7S/c1-9-10-11-12-16-22-40(33(43)29(24-48)39-35(45)47-37(6,7)8)30(27-21-17-18-25(2)31(27)41)32(42)38-28(34(44)46-36(3,4)5)23-26-19-14-13-15-20-26/h13-15,17-21,28-30,41,48H,9-12,16,22-24H2,1-8H3,(H,38,42)(H,39,45). The first-order chi connectivity index (χ1) is 22.5. The quantitative estimate of drug-likeness (QED) is 0.0909. The number of rotatable bonds is 16. The number of hydrogen-bond acceptors (Lipinski definition) is 8. The number of alkyl carbamates (subject to hydrolysis) is 1. The van der Waals surface area contributed by atoms with Gasteiger partial charge in [0.05, 0.1) is 0 Å². The Balaban J connectivity index is 2.63. The van der Waals surface area contributed by atoms with Gasteiger partial charge in [-0.2, -0.15) is 12.6 Å². The van der Waals surface area contributed by atoms with Gasteiger partial charge in [-0.15, -0.1) is 0 Å². The lowest BCUT2D eigenvalue weighted by molar-refractivity contribution is -0.159. The maximum atomic E-state index is 14.5. The van der Waals surface area contributed by atoms with E-state index in [9.17, 15) is 24.3 Å². The summed E-state index contributed by atoms with van der Waals surface area (Å²) in [5, 5.41) is 16.7. The average Bonchev–Trinajstić information content (AvgIpc) is 2.99. The molecule has 0 spiro atoms. The van der Waals surface area contributed by atoms with Crippen LogP contribution in [-0.2, 0) is 30.3 Å². The number of thiol groups is 1. The normalized spacial score (nSPS) is 13.5. The topological polar surface area (TPSA) is 134 Å². The third kappa shape index (κ3) is 13.4. The van der Waals surface area contributed by atoms with E-state index in [0.717, 1.165) is 31.2 Å². The predicted octanol–water partition coefficient (Wildman–Crippen LogP) is 6.43. The summed E-state index contributed by atoms with van der Waals surface area (Å²) in [4.78, 5) is 56.5. The zero-order chi connectivity index (χ0) is 36.1. The lowest BCUT2D eigenvalue weighted by Crippen LogP contribution is -2.55. The summed E-state index contributed by atoms with van der Waals surface area (Å²) >= 11 is 4.37. The van der Waals surface area contributed by atoms with Crippen LogP contribution >= 0.6 is 12.6 Å². The second-order valence-electron chi connectivity index (χ2n) is 14.0. The van der Waals surface area contributed by atoms with Crippen molar-refractivity contribution in [2.45, 2.75) is 123 Å². The molecule has 266 valence electrons. The SMILES string of the molecule is CCCCCCCN(C(=O)C(CS)NC(=O)OC(C)(C)C)C(C(=O)NC(Cc1ccccc1)C(=O)OC(C)(C)C)c1cccc(C)c1O. The van der Waals surface area contributed by atoms with Crippen molar-refractivity contribution in [3.8, 4) is 5.75 Å². The Labute approximate surface area is 291 Å². The molecule has 0 saturated heterocycles. The summed E-state index contributed by atoms with van der Waals surface area (Å²) in [6.07, 6.45) is 3.68. The van der Waals surface area contributed by atoms with E-state index in [0.29, 0.717) is 12.0 Å². The monoisotopic (exact) mass is 685 g/mol. The highest BCUT2D eigenvalue weighted by Crippen LogP contribution is 2.33. The Morgan fingerprint density at radius 3 is 2.04 bits per heavy atom. The van der Waals surface area contributed by atoms with Crippen molar-refractivity contribution in [2.24, 2.45) is 0 Å². The molecular weight excluding hydrogens is 630 g/mol. The number of phenolic OH excluding ortho intramolecular Hbond substituents is 1. The molecule has 48 heavy (non-hydrogen) atoms. The van der Waals surface area contributed by atoms with Gasteiger partial charge in [-0.25, -0.2) is 9.59 Å². The Hall–Kier alpha value is -3.73. The molecule has 0 fully saturated rings. The number of nitrogens with one attached hydrogen (secondary N) is 2. The summed E-state index contributed by atoms with van der Waals surface area (Å²) in [6.45, 7) is 14.3. The maximum Gasteiger partial charge on any atom is 0.408 e. The first kappa shape index (κ1) is 40.4. The molecule has 2 aromatic rings. The van der Waals surface area contributed by atoms with Crippen LogP contribution in [0.25, 0.3) is 0 Å². The van der Waals surface area contributed by atoms with E-state index < -0.39 is 53.2 Å². The van der Waals surface area contributed by atoms with Gasteiger partial charge in [-0.3, -0.25) is 9.59 Å². The zero-order valence-electron chi connectivity index (χ0n) is 29.8. The molecule has 0 aliphatic carbocycles. The van der Waals surface area contributed by atoms with Crippen molar-refractivity contribution in [3.63, 3.8) is 0 Å². The fourth-order valence-electron chi connectivity index (χ4n) is 5.11. The number of aromatic hydroxyl groups is 1. The van der Waals surface area contributed by atoms with Gasteiger partial charge in [0.25, 0.3) is 0 Å². The number of unbranched alkanes of at least 4 members (excludes halogenated alkanes) is 4. The van der Waals surface area contributed by atoms with Crippen molar-refractivity contribution < 1.29 is 33.8 Å². The van der Waals surface area contributed by atoms with Gasteiger partial charge >= 0.3 is 12.1 Å². The van der Waals surface area contributed by atoms with Crippen molar-refractivity contribution >= 4 is 36.5 Å². The molecule has 11 heteroatoms. The van der Waals surface area contributed by atoms with Gasteiger partial charge in [0.1, 0.15) is 35.1 Å². The second kappa shape index (κ2) is 18.7. The Morgan fingerprint density at radius 1 is 0.833 bits per heavy atom. The van der Waals surface area contributed by atoms with Crippen molar-refractivity contribution in [1.29, 1.82) is 0 Å². The largest absolute Gasteiger partial charge is 0.507 e. The molecule has 0 aliphatic rings. The van der Waals surface area contributed by atoms with E-state index >= 15 is 0 Å². The van der Waals surface area contributed by atoms with Crippen molar-refractivity contribution in [3.05, 3.63) is 65.2 Å². The van der Waals surface area contributed by atoms with Crippen LogP contribution in [0.4, 0.5) is 4.79 Å². The summed E-state index contributed by atoms with van der Waals surface area (Å²) in [5.74, 6) is -2.12. The van der Waals surface area contributed by atoms with Crippen LogP contribution < -0.4 is 10.6 Å². The highest BCUT2D eigenvalue weighted by atomic mass is 32.1. The minimum Gasteiger partial charge on any atom is -0.507 e. The number of nitrogens with zero attached hydrogens (tertiary/aromatic N) is 1.